The van der Waals surface area contributed by atoms with E-state index in [1.165, 1.54) is 19.2 Å². The third kappa shape index (κ3) is 4.81. The Labute approximate surface area is 133 Å². The van der Waals surface area contributed by atoms with Gasteiger partial charge in [-0.05, 0) is 30.3 Å². The Morgan fingerprint density at radius 2 is 1.91 bits per heavy atom. The molecule has 120 valence electrons. The van der Waals surface area contributed by atoms with Gasteiger partial charge in [-0.15, -0.1) is 0 Å². The Kier molecular flexibility index (Phi) is 5.68. The molecule has 0 aliphatic carbocycles. The fourth-order valence-corrected chi connectivity index (χ4v) is 1.97. The van der Waals surface area contributed by atoms with Gasteiger partial charge in [-0.3, -0.25) is 4.79 Å². The van der Waals surface area contributed by atoms with Crippen molar-refractivity contribution in [2.75, 3.05) is 24.3 Å². The summed E-state index contributed by atoms with van der Waals surface area (Å²) in [5.41, 5.74) is 1.28. The first-order valence-corrected chi connectivity index (χ1v) is 7.07. The van der Waals surface area contributed by atoms with Crippen molar-refractivity contribution in [3.8, 4) is 0 Å². The summed E-state index contributed by atoms with van der Waals surface area (Å²) in [4.78, 5) is 23.2. The zero-order valence-corrected chi connectivity index (χ0v) is 12.6. The minimum atomic E-state index is -0.473. The normalized spacial score (nSPS) is 10.0. The lowest BCUT2D eigenvalue weighted by Gasteiger charge is -2.09. The van der Waals surface area contributed by atoms with Gasteiger partial charge in [-0.2, -0.15) is 0 Å². The van der Waals surface area contributed by atoms with Gasteiger partial charge in [0.1, 0.15) is 5.82 Å². The van der Waals surface area contributed by atoms with Crippen LogP contribution in [0.5, 0.6) is 0 Å². The summed E-state index contributed by atoms with van der Waals surface area (Å²) >= 11 is 0. The van der Waals surface area contributed by atoms with Gasteiger partial charge in [0.05, 0.1) is 18.4 Å². The molecule has 0 saturated heterocycles. The van der Waals surface area contributed by atoms with E-state index in [9.17, 15) is 14.0 Å². The smallest absolute Gasteiger partial charge is 0.337 e. The molecule has 0 aliphatic rings. The van der Waals surface area contributed by atoms with Crippen molar-refractivity contribution in [1.29, 1.82) is 0 Å². The van der Waals surface area contributed by atoms with E-state index in [0.29, 0.717) is 17.8 Å². The van der Waals surface area contributed by atoms with E-state index in [1.807, 2.05) is 0 Å². The first-order valence-electron chi connectivity index (χ1n) is 7.07. The van der Waals surface area contributed by atoms with Crippen molar-refractivity contribution in [1.82, 2.24) is 0 Å². The number of anilines is 2. The highest BCUT2D eigenvalue weighted by molar-refractivity contribution is 5.91. The Morgan fingerprint density at radius 1 is 1.13 bits per heavy atom. The van der Waals surface area contributed by atoms with Crippen molar-refractivity contribution in [2.45, 2.75) is 6.42 Å². The average Bonchev–Trinajstić information content (AvgIpc) is 2.56. The molecule has 5 nitrogen and oxygen atoms in total. The number of rotatable bonds is 6. The molecule has 2 aromatic rings. The summed E-state index contributed by atoms with van der Waals surface area (Å²) in [6.45, 7) is 0.352. The van der Waals surface area contributed by atoms with E-state index < -0.39 is 11.8 Å². The summed E-state index contributed by atoms with van der Waals surface area (Å²) in [5, 5.41) is 5.54. The van der Waals surface area contributed by atoms with Crippen LogP contribution >= 0.6 is 0 Å². The number of hydrogen-bond acceptors (Lipinski definition) is 4. The number of esters is 1. The number of halogens is 1. The van der Waals surface area contributed by atoms with E-state index in [0.717, 1.165) is 0 Å². The van der Waals surface area contributed by atoms with Gasteiger partial charge in [0.25, 0.3) is 0 Å². The molecule has 2 rings (SSSR count). The zero-order valence-electron chi connectivity index (χ0n) is 12.6. The fourth-order valence-electron chi connectivity index (χ4n) is 1.97. The molecule has 2 N–H and O–H groups in total. The summed E-state index contributed by atoms with van der Waals surface area (Å²) in [5.74, 6) is -1.20. The molecular formula is C17H17FN2O3. The standard InChI is InChI=1S/C17H17FN2O3/c1-23-17(22)12-5-4-6-13(11-12)19-10-9-16(21)20-15-8-3-2-7-14(15)18/h2-8,11,19H,9-10H2,1H3,(H,20,21). The molecule has 6 heteroatoms. The minimum absolute atomic E-state index is 0.158. The van der Waals surface area contributed by atoms with E-state index in [1.54, 1.807) is 36.4 Å². The Bertz CT molecular complexity index is 704. The molecule has 23 heavy (non-hydrogen) atoms. The molecular weight excluding hydrogens is 299 g/mol. The largest absolute Gasteiger partial charge is 0.465 e. The molecule has 0 aliphatic heterocycles. The zero-order chi connectivity index (χ0) is 16.7. The number of para-hydroxylation sites is 1. The molecule has 0 atom stereocenters. The van der Waals surface area contributed by atoms with Gasteiger partial charge in [-0.1, -0.05) is 18.2 Å². The topological polar surface area (TPSA) is 67.4 Å². The van der Waals surface area contributed by atoms with E-state index >= 15 is 0 Å². The predicted octanol–water partition coefficient (Wildman–Crippen LogP) is 3.05. The monoisotopic (exact) mass is 316 g/mol. The van der Waals surface area contributed by atoms with Crippen LogP contribution in [-0.4, -0.2) is 25.5 Å². The maximum atomic E-state index is 13.4. The summed E-state index contributed by atoms with van der Waals surface area (Å²) in [6.07, 6.45) is 0.163. The molecule has 0 unspecified atom stereocenters. The minimum Gasteiger partial charge on any atom is -0.465 e. The van der Waals surface area contributed by atoms with Crippen LogP contribution in [-0.2, 0) is 9.53 Å². The second kappa shape index (κ2) is 7.93. The van der Waals surface area contributed by atoms with Crippen LogP contribution in [0, 0.1) is 5.82 Å². The SMILES string of the molecule is COC(=O)c1cccc(NCCC(=O)Nc2ccccc2F)c1. The summed E-state index contributed by atoms with van der Waals surface area (Å²) < 4.78 is 18.1. The number of amides is 1. The highest BCUT2D eigenvalue weighted by atomic mass is 19.1. The van der Waals surface area contributed by atoms with Crippen LogP contribution in [0.1, 0.15) is 16.8 Å². The molecule has 0 saturated carbocycles. The highest BCUT2D eigenvalue weighted by Crippen LogP contribution is 2.13. The first-order chi connectivity index (χ1) is 11.1. The van der Waals surface area contributed by atoms with E-state index in [-0.39, 0.29) is 18.0 Å². The molecule has 0 fully saturated rings. The lowest BCUT2D eigenvalue weighted by atomic mass is 10.2. The van der Waals surface area contributed by atoms with Crippen molar-refractivity contribution in [3.05, 3.63) is 59.9 Å². The maximum Gasteiger partial charge on any atom is 0.337 e. The predicted molar refractivity (Wildman–Crippen MR) is 85.9 cm³/mol. The average molecular weight is 316 g/mol. The molecule has 0 bridgehead atoms. The van der Waals surface area contributed by atoms with Crippen molar-refractivity contribution >= 4 is 23.3 Å². The molecule has 0 aromatic heterocycles. The number of hydrogen-bond donors (Lipinski definition) is 2. The molecule has 0 spiro atoms. The third-order valence-electron chi connectivity index (χ3n) is 3.11. The van der Waals surface area contributed by atoms with E-state index in [4.69, 9.17) is 0 Å². The van der Waals surface area contributed by atoms with Crippen LogP contribution in [0.2, 0.25) is 0 Å². The second-order valence-electron chi connectivity index (χ2n) is 4.78. The van der Waals surface area contributed by atoms with Crippen LogP contribution in [0.25, 0.3) is 0 Å². The number of methoxy groups -OCH3 is 1. The lowest BCUT2D eigenvalue weighted by molar-refractivity contribution is -0.116. The van der Waals surface area contributed by atoms with Gasteiger partial charge in [0.15, 0.2) is 0 Å². The van der Waals surface area contributed by atoms with Crippen LogP contribution in [0.3, 0.4) is 0 Å². The Balaban J connectivity index is 1.84. The molecule has 0 radical (unpaired) electrons. The van der Waals surface area contributed by atoms with Gasteiger partial charge in [0, 0.05) is 18.7 Å². The van der Waals surface area contributed by atoms with Crippen molar-refractivity contribution in [2.24, 2.45) is 0 Å². The number of nitrogens with one attached hydrogen (secondary N) is 2. The quantitative estimate of drug-likeness (QED) is 0.804. The Hall–Kier alpha value is -2.89. The van der Waals surface area contributed by atoms with Gasteiger partial charge in [-0.25, -0.2) is 9.18 Å². The third-order valence-corrected chi connectivity index (χ3v) is 3.11. The Morgan fingerprint density at radius 3 is 2.65 bits per heavy atom. The van der Waals surface area contributed by atoms with Gasteiger partial charge in [0.2, 0.25) is 5.91 Å². The molecule has 2 aromatic carbocycles. The van der Waals surface area contributed by atoms with Crippen molar-refractivity contribution < 1.29 is 18.7 Å². The first kappa shape index (κ1) is 16.5. The summed E-state index contributed by atoms with van der Waals surface area (Å²) in [6, 6.07) is 12.8. The number of ether oxygens (including phenoxy) is 1. The molecule has 1 amide bonds. The highest BCUT2D eigenvalue weighted by Gasteiger charge is 2.07. The number of benzene rings is 2. The lowest BCUT2D eigenvalue weighted by Crippen LogP contribution is -2.17. The molecule has 0 heterocycles. The van der Waals surface area contributed by atoms with Crippen LogP contribution < -0.4 is 10.6 Å². The van der Waals surface area contributed by atoms with Crippen LogP contribution in [0.15, 0.2) is 48.5 Å². The van der Waals surface area contributed by atoms with Gasteiger partial charge < -0.3 is 15.4 Å². The fraction of sp³-hybridized carbons (Fsp3) is 0.176. The van der Waals surface area contributed by atoms with E-state index in [2.05, 4.69) is 15.4 Å². The van der Waals surface area contributed by atoms with Gasteiger partial charge >= 0.3 is 5.97 Å². The summed E-state index contributed by atoms with van der Waals surface area (Å²) in [7, 11) is 1.31. The van der Waals surface area contributed by atoms with Crippen LogP contribution in [0.4, 0.5) is 15.8 Å². The van der Waals surface area contributed by atoms with Crippen molar-refractivity contribution in [3.63, 3.8) is 0 Å². The maximum absolute atomic E-state index is 13.4. The number of carbonyl (C=O) groups is 2. The second-order valence-corrected chi connectivity index (χ2v) is 4.78. The number of carbonyl (C=O) groups excluding carboxylic acids is 2.